The number of hydrogen-bond donors (Lipinski definition) is 1. The summed E-state index contributed by atoms with van der Waals surface area (Å²) in [6.07, 6.45) is 2.37. The molecule has 2 rings (SSSR count). The molecule has 0 radical (unpaired) electrons. The molecule has 0 fully saturated rings. The summed E-state index contributed by atoms with van der Waals surface area (Å²) in [6, 6.07) is 11.0. The smallest absolute Gasteiger partial charge is 0.190 e. The number of thiazole rings is 1. The summed E-state index contributed by atoms with van der Waals surface area (Å²) in [6.45, 7) is 8.40. The molecule has 0 unspecified atom stereocenters. The van der Waals surface area contributed by atoms with E-state index in [1.807, 2.05) is 0 Å². The van der Waals surface area contributed by atoms with Crippen LogP contribution in [0.25, 0.3) is 0 Å². The van der Waals surface area contributed by atoms with Gasteiger partial charge in [0, 0.05) is 30.2 Å². The van der Waals surface area contributed by atoms with Gasteiger partial charge in [0.2, 0.25) is 0 Å². The number of aromatic nitrogens is 1. The molecule has 1 heterocycles. The number of nitrogens with one attached hydrogen (secondary N) is 1. The molecule has 0 spiro atoms. The van der Waals surface area contributed by atoms with Gasteiger partial charge in [-0.3, -0.25) is 0 Å². The van der Waals surface area contributed by atoms with Gasteiger partial charge in [0.1, 0.15) is 0 Å². The summed E-state index contributed by atoms with van der Waals surface area (Å²) < 4.78 is 0. The normalized spacial score (nSPS) is 11.0. The van der Waals surface area contributed by atoms with Crippen molar-refractivity contribution in [1.29, 1.82) is 0 Å². The molecule has 0 aliphatic rings. The van der Waals surface area contributed by atoms with Crippen molar-refractivity contribution in [2.75, 3.05) is 11.4 Å². The summed E-state index contributed by atoms with van der Waals surface area (Å²) in [7, 11) is 0. The first kappa shape index (κ1) is 16.0. The lowest BCUT2D eigenvalue weighted by Gasteiger charge is -2.21. The predicted octanol–water partition coefficient (Wildman–Crippen LogP) is 4.58. The fraction of sp³-hybridized carbons (Fsp3) is 0.471. The first-order chi connectivity index (χ1) is 10.2. The van der Waals surface area contributed by atoms with E-state index in [4.69, 9.17) is 4.98 Å². The van der Waals surface area contributed by atoms with Crippen molar-refractivity contribution < 1.29 is 0 Å². The van der Waals surface area contributed by atoms with E-state index in [0.29, 0.717) is 6.04 Å². The van der Waals surface area contributed by atoms with E-state index in [0.717, 1.165) is 23.9 Å². The minimum atomic E-state index is 0.487. The third-order valence-corrected chi connectivity index (χ3v) is 4.18. The molecule has 0 bridgehead atoms. The Kier molecular flexibility index (Phi) is 6.21. The minimum Gasteiger partial charge on any atom is -0.318 e. The first-order valence-corrected chi connectivity index (χ1v) is 8.59. The number of anilines is 2. The molecule has 114 valence electrons. The molecule has 3 nitrogen and oxygen atoms in total. The molecule has 0 saturated heterocycles. The van der Waals surface area contributed by atoms with Crippen LogP contribution < -0.4 is 10.2 Å². The van der Waals surface area contributed by atoms with Crippen molar-refractivity contribution in [3.8, 4) is 0 Å². The van der Waals surface area contributed by atoms with Crippen molar-refractivity contribution in [2.45, 2.75) is 46.2 Å². The molecule has 4 heteroatoms. The quantitative estimate of drug-likeness (QED) is 0.773. The van der Waals surface area contributed by atoms with Gasteiger partial charge < -0.3 is 10.2 Å². The Balaban J connectivity index is 2.13. The largest absolute Gasteiger partial charge is 0.318 e. The Hall–Kier alpha value is -1.39. The maximum atomic E-state index is 4.79. The molecular weight excluding hydrogens is 278 g/mol. The molecule has 1 N–H and O–H groups in total. The highest BCUT2D eigenvalue weighted by molar-refractivity contribution is 7.13. The van der Waals surface area contributed by atoms with E-state index in [1.54, 1.807) is 11.3 Å². The molecule has 0 aliphatic heterocycles. The Morgan fingerprint density at radius 2 is 2.00 bits per heavy atom. The lowest BCUT2D eigenvalue weighted by Crippen LogP contribution is -2.22. The molecule has 1 aromatic carbocycles. The van der Waals surface area contributed by atoms with Crippen molar-refractivity contribution in [2.24, 2.45) is 0 Å². The summed E-state index contributed by atoms with van der Waals surface area (Å²) in [5, 5.41) is 6.67. The third-order valence-electron chi connectivity index (χ3n) is 3.27. The van der Waals surface area contributed by atoms with E-state index in [1.165, 1.54) is 18.5 Å². The van der Waals surface area contributed by atoms with Gasteiger partial charge in [-0.2, -0.15) is 0 Å². The van der Waals surface area contributed by atoms with Gasteiger partial charge in [-0.1, -0.05) is 45.4 Å². The van der Waals surface area contributed by atoms with Crippen LogP contribution in [0.2, 0.25) is 0 Å². The topological polar surface area (TPSA) is 28.2 Å². The Bertz CT molecular complexity index is 522. The molecule has 2 aromatic rings. The molecular formula is C17H25N3S. The second-order valence-electron chi connectivity index (χ2n) is 5.50. The maximum absolute atomic E-state index is 4.79. The maximum Gasteiger partial charge on any atom is 0.190 e. The van der Waals surface area contributed by atoms with E-state index >= 15 is 0 Å². The van der Waals surface area contributed by atoms with Crippen LogP contribution in [0.1, 0.15) is 39.3 Å². The molecule has 0 saturated carbocycles. The zero-order chi connectivity index (χ0) is 15.1. The predicted molar refractivity (Wildman–Crippen MR) is 92.4 cm³/mol. The minimum absolute atomic E-state index is 0.487. The van der Waals surface area contributed by atoms with Crippen molar-refractivity contribution >= 4 is 22.2 Å². The van der Waals surface area contributed by atoms with Gasteiger partial charge in [-0.25, -0.2) is 4.98 Å². The number of unbranched alkanes of at least 4 members (excludes halogenated alkanes) is 1. The van der Waals surface area contributed by atoms with Crippen LogP contribution in [0.4, 0.5) is 10.8 Å². The lowest BCUT2D eigenvalue weighted by atomic mass is 10.2. The second-order valence-corrected chi connectivity index (χ2v) is 6.33. The number of hydrogen-bond acceptors (Lipinski definition) is 4. The third kappa shape index (κ3) is 4.83. The van der Waals surface area contributed by atoms with Crippen LogP contribution in [0, 0.1) is 0 Å². The van der Waals surface area contributed by atoms with Crippen LogP contribution in [-0.2, 0) is 6.54 Å². The number of nitrogens with zero attached hydrogens (tertiary/aromatic N) is 2. The standard InChI is InChI=1S/C17H25N3S/c1-4-5-11-20(16-9-7-6-8-10-16)17-19-15(13-21-17)12-18-14(2)3/h6-10,13-14,18H,4-5,11-12H2,1-3H3. The summed E-state index contributed by atoms with van der Waals surface area (Å²) in [4.78, 5) is 7.12. The van der Waals surface area contributed by atoms with E-state index in [-0.39, 0.29) is 0 Å². The van der Waals surface area contributed by atoms with Crippen LogP contribution in [0.3, 0.4) is 0 Å². The van der Waals surface area contributed by atoms with Gasteiger partial charge in [0.05, 0.1) is 5.69 Å². The van der Waals surface area contributed by atoms with Gasteiger partial charge in [-0.15, -0.1) is 11.3 Å². The first-order valence-electron chi connectivity index (χ1n) is 7.71. The highest BCUT2D eigenvalue weighted by Crippen LogP contribution is 2.28. The molecule has 21 heavy (non-hydrogen) atoms. The Morgan fingerprint density at radius 1 is 1.24 bits per heavy atom. The second kappa shape index (κ2) is 8.15. The van der Waals surface area contributed by atoms with Crippen molar-refractivity contribution in [3.63, 3.8) is 0 Å². The van der Waals surface area contributed by atoms with E-state index in [9.17, 15) is 0 Å². The van der Waals surface area contributed by atoms with Crippen LogP contribution in [0.15, 0.2) is 35.7 Å². The van der Waals surface area contributed by atoms with Crippen LogP contribution >= 0.6 is 11.3 Å². The Labute approximate surface area is 132 Å². The molecule has 0 aliphatic carbocycles. The number of benzene rings is 1. The van der Waals surface area contributed by atoms with E-state index in [2.05, 4.69) is 66.7 Å². The number of para-hydroxylation sites is 1. The average molecular weight is 303 g/mol. The van der Waals surface area contributed by atoms with Crippen LogP contribution in [-0.4, -0.2) is 17.6 Å². The fourth-order valence-corrected chi connectivity index (χ4v) is 2.94. The Morgan fingerprint density at radius 3 is 2.67 bits per heavy atom. The summed E-state index contributed by atoms with van der Waals surface area (Å²) in [5.74, 6) is 0. The van der Waals surface area contributed by atoms with Gasteiger partial charge in [0.15, 0.2) is 5.13 Å². The van der Waals surface area contributed by atoms with Crippen LogP contribution in [0.5, 0.6) is 0 Å². The summed E-state index contributed by atoms with van der Waals surface area (Å²) >= 11 is 1.73. The van der Waals surface area contributed by atoms with Gasteiger partial charge in [-0.05, 0) is 18.6 Å². The lowest BCUT2D eigenvalue weighted by molar-refractivity contribution is 0.583. The fourth-order valence-electron chi connectivity index (χ4n) is 2.07. The molecule has 0 atom stereocenters. The summed E-state index contributed by atoms with van der Waals surface area (Å²) in [5.41, 5.74) is 2.35. The number of rotatable bonds is 8. The average Bonchev–Trinajstić information content (AvgIpc) is 2.95. The zero-order valence-electron chi connectivity index (χ0n) is 13.2. The van der Waals surface area contributed by atoms with Crippen molar-refractivity contribution in [3.05, 3.63) is 41.4 Å². The highest BCUT2D eigenvalue weighted by atomic mass is 32.1. The van der Waals surface area contributed by atoms with Gasteiger partial charge >= 0.3 is 0 Å². The van der Waals surface area contributed by atoms with Gasteiger partial charge in [0.25, 0.3) is 0 Å². The monoisotopic (exact) mass is 303 g/mol. The SMILES string of the molecule is CCCCN(c1ccccc1)c1nc(CNC(C)C)cs1. The zero-order valence-corrected chi connectivity index (χ0v) is 14.0. The molecule has 0 amide bonds. The van der Waals surface area contributed by atoms with E-state index < -0.39 is 0 Å². The van der Waals surface area contributed by atoms with Crippen molar-refractivity contribution in [1.82, 2.24) is 10.3 Å². The molecule has 1 aromatic heterocycles. The highest BCUT2D eigenvalue weighted by Gasteiger charge is 2.12.